The van der Waals surface area contributed by atoms with Gasteiger partial charge in [0.25, 0.3) is 0 Å². The fourth-order valence-corrected chi connectivity index (χ4v) is 2.75. The van der Waals surface area contributed by atoms with E-state index in [0.29, 0.717) is 5.39 Å². The molecule has 5 atom stereocenters. The molecule has 2 unspecified atom stereocenters. The van der Waals surface area contributed by atoms with Crippen molar-refractivity contribution in [2.45, 2.75) is 24.2 Å². The smallest absolute Gasteiger partial charge is 0.232 e. The number of aliphatic hydroxyl groups is 3. The minimum Gasteiger partial charge on any atom is -0.387 e. The number of aliphatic hydroxyl groups excluding tert-OH is 2. The van der Waals surface area contributed by atoms with Gasteiger partial charge in [-0.2, -0.15) is 9.56 Å². The second-order valence-corrected chi connectivity index (χ2v) is 6.45. The van der Waals surface area contributed by atoms with Gasteiger partial charge in [0.2, 0.25) is 14.7 Å². The van der Waals surface area contributed by atoms with Gasteiger partial charge in [-0.25, -0.2) is 14.4 Å². The first-order valence-electron chi connectivity index (χ1n) is 7.02. The van der Waals surface area contributed by atoms with Crippen LogP contribution in [0.15, 0.2) is 18.6 Å². The average Bonchev–Trinajstić information content (AvgIpc) is 3.14. The van der Waals surface area contributed by atoms with Crippen LogP contribution in [0.25, 0.3) is 11.0 Å². The summed E-state index contributed by atoms with van der Waals surface area (Å²) in [6.45, 7) is -1.37. The van der Waals surface area contributed by atoms with Gasteiger partial charge >= 0.3 is 0 Å². The zero-order chi connectivity index (χ0) is 18.2. The highest BCUT2D eigenvalue weighted by atomic mass is 31.2. The molecule has 1 saturated heterocycles. The molecule has 11 nitrogen and oxygen atoms in total. The van der Waals surface area contributed by atoms with E-state index in [0.717, 1.165) is 0 Å². The van der Waals surface area contributed by atoms with Gasteiger partial charge in [-0.3, -0.25) is 0 Å². The topological polar surface area (TPSA) is 165 Å². The average molecular weight is 378 g/mol. The maximum Gasteiger partial charge on any atom is 0.232 e. The summed E-state index contributed by atoms with van der Waals surface area (Å²) in [5.41, 5.74) is 3.60. The molecule has 6 N–H and O–H groups in total. The van der Waals surface area contributed by atoms with Crippen LogP contribution in [0, 0.1) is 0 Å². The number of alkyl halides is 1. The highest BCUT2D eigenvalue weighted by molar-refractivity contribution is 7.45. The van der Waals surface area contributed by atoms with Crippen molar-refractivity contribution in [3.8, 4) is 0 Å². The van der Waals surface area contributed by atoms with Gasteiger partial charge in [-0.05, 0) is 6.07 Å². The van der Waals surface area contributed by atoms with Crippen molar-refractivity contribution in [2.24, 2.45) is 0 Å². The van der Waals surface area contributed by atoms with Crippen LogP contribution in [0.3, 0.4) is 0 Å². The molecule has 0 saturated carbocycles. The first kappa shape index (κ1) is 18.3. The summed E-state index contributed by atoms with van der Waals surface area (Å²) in [7, 11) is -2.32. The second-order valence-electron chi connectivity index (χ2n) is 5.31. The second kappa shape index (κ2) is 7.02. The summed E-state index contributed by atoms with van der Waals surface area (Å²) < 4.78 is 24.6. The van der Waals surface area contributed by atoms with E-state index in [1.165, 1.54) is 17.1 Å². The molecule has 1 fully saturated rings. The third-order valence-corrected chi connectivity index (χ3v) is 4.31. The number of nitrogens with zero attached hydrogens (tertiary/aromatic N) is 3. The first-order valence-corrected chi connectivity index (χ1v) is 8.41. The summed E-state index contributed by atoms with van der Waals surface area (Å²) in [6, 6.07) is 1.54. The number of rotatable bonds is 6. The Labute approximate surface area is 141 Å². The van der Waals surface area contributed by atoms with E-state index in [-0.39, 0.29) is 11.5 Å². The van der Waals surface area contributed by atoms with Gasteiger partial charge < -0.3 is 35.3 Å². The molecule has 0 radical (unpaired) electrons. The number of fused-ring (bicyclic) bond motifs is 1. The molecule has 0 aliphatic carbocycles. The van der Waals surface area contributed by atoms with Crippen LogP contribution in [0.5, 0.6) is 0 Å². The highest BCUT2D eigenvalue weighted by Gasteiger charge is 2.58. The summed E-state index contributed by atoms with van der Waals surface area (Å²) in [5, 5.41) is 29.8. The van der Waals surface area contributed by atoms with E-state index in [4.69, 9.17) is 15.6 Å². The van der Waals surface area contributed by atoms with E-state index in [1.807, 2.05) is 0 Å². The van der Waals surface area contributed by atoms with Crippen LogP contribution in [0.1, 0.15) is 6.23 Å². The Morgan fingerprint density at radius 3 is 2.92 bits per heavy atom. The first-order chi connectivity index (χ1) is 11.9. The van der Waals surface area contributed by atoms with Crippen LogP contribution in [-0.2, 0) is 14.3 Å². The number of nitrogen functional groups attached to an aromatic ring is 1. The van der Waals surface area contributed by atoms with Gasteiger partial charge in [-0.1, -0.05) is 0 Å². The number of nitrogens with two attached hydrogens (primary N) is 1. The summed E-state index contributed by atoms with van der Waals surface area (Å²) >= 11 is 0. The van der Waals surface area contributed by atoms with E-state index in [1.54, 1.807) is 6.07 Å². The van der Waals surface area contributed by atoms with Gasteiger partial charge in [0.05, 0.1) is 5.39 Å². The van der Waals surface area contributed by atoms with E-state index < -0.39 is 45.6 Å². The van der Waals surface area contributed by atoms with E-state index in [2.05, 4.69) is 19.5 Å². The maximum atomic E-state index is 13.6. The van der Waals surface area contributed by atoms with Crippen molar-refractivity contribution in [3.63, 3.8) is 0 Å². The van der Waals surface area contributed by atoms with Crippen molar-refractivity contribution in [3.05, 3.63) is 18.6 Å². The zero-order valence-electron chi connectivity index (χ0n) is 12.6. The van der Waals surface area contributed by atoms with E-state index in [9.17, 15) is 19.5 Å². The third kappa shape index (κ3) is 3.07. The molecular formula is C12H16FN4O7P. The largest absolute Gasteiger partial charge is 0.387 e. The number of ether oxygens (including phenoxy) is 1. The molecule has 0 amide bonds. The standard InChI is InChI=1S/C12H16FN4O7P/c13-3-12(20)7(19)10(23-24-25(21)5-18)22-11(12)17-2-1-6-8(14)15-4-16-9(6)17/h1-2,4,7,10-11,18-21H,3,5H2,(H2,14,15,16)/t7?,10-,11-,12-,25?/m1/s1. The number of aromatic nitrogens is 3. The van der Waals surface area contributed by atoms with Crippen LogP contribution in [0.4, 0.5) is 10.2 Å². The van der Waals surface area contributed by atoms with Crippen molar-refractivity contribution >= 4 is 25.2 Å². The highest BCUT2D eigenvalue weighted by Crippen LogP contribution is 2.42. The summed E-state index contributed by atoms with van der Waals surface area (Å²) in [5.74, 6) is 0.177. The lowest BCUT2D eigenvalue weighted by atomic mass is 9.98. The fourth-order valence-electron chi connectivity index (χ4n) is 2.52. The number of hydrogen-bond acceptors (Lipinski definition) is 10. The Hall–Kier alpha value is -1.50. The lowest BCUT2D eigenvalue weighted by Gasteiger charge is -2.28. The quantitative estimate of drug-likeness (QED) is 0.242. The van der Waals surface area contributed by atoms with Crippen molar-refractivity contribution < 1.29 is 38.9 Å². The van der Waals surface area contributed by atoms with Gasteiger partial charge in [0.1, 0.15) is 36.9 Å². The normalized spacial score (nSPS) is 30.8. The lowest BCUT2D eigenvalue weighted by Crippen LogP contribution is -2.48. The predicted molar refractivity (Wildman–Crippen MR) is 81.2 cm³/mol. The van der Waals surface area contributed by atoms with Crippen molar-refractivity contribution in [1.29, 1.82) is 0 Å². The Morgan fingerprint density at radius 1 is 1.48 bits per heavy atom. The number of anilines is 1. The molecule has 0 aromatic carbocycles. The van der Waals surface area contributed by atoms with Crippen LogP contribution in [0.2, 0.25) is 0 Å². The van der Waals surface area contributed by atoms with Gasteiger partial charge in [0.15, 0.2) is 11.8 Å². The molecule has 3 rings (SSSR count). The Kier molecular flexibility index (Phi) is 5.14. The van der Waals surface area contributed by atoms with Crippen molar-refractivity contribution in [2.75, 3.05) is 18.8 Å². The Morgan fingerprint density at radius 2 is 2.24 bits per heavy atom. The Bertz CT molecular complexity index is 751. The van der Waals surface area contributed by atoms with Gasteiger partial charge in [0, 0.05) is 6.20 Å². The molecule has 3 heterocycles. The number of halogens is 1. The monoisotopic (exact) mass is 378 g/mol. The zero-order valence-corrected chi connectivity index (χ0v) is 13.5. The van der Waals surface area contributed by atoms with Crippen LogP contribution >= 0.6 is 8.38 Å². The third-order valence-electron chi connectivity index (χ3n) is 3.81. The summed E-state index contributed by atoms with van der Waals surface area (Å²) in [4.78, 5) is 21.7. The van der Waals surface area contributed by atoms with Crippen LogP contribution in [-0.4, -0.2) is 65.8 Å². The molecule has 138 valence electrons. The number of hydrogen-bond donors (Lipinski definition) is 5. The van der Waals surface area contributed by atoms with Crippen molar-refractivity contribution in [1.82, 2.24) is 14.5 Å². The molecular weight excluding hydrogens is 362 g/mol. The Balaban J connectivity index is 1.92. The molecule has 1 aliphatic heterocycles. The van der Waals surface area contributed by atoms with Crippen LogP contribution < -0.4 is 5.73 Å². The minimum absolute atomic E-state index is 0.177. The minimum atomic E-state index is -2.38. The van der Waals surface area contributed by atoms with Gasteiger partial charge in [-0.15, -0.1) is 0 Å². The lowest BCUT2D eigenvalue weighted by molar-refractivity contribution is -0.332. The molecule has 2 aromatic rings. The maximum absolute atomic E-state index is 13.6. The summed E-state index contributed by atoms with van der Waals surface area (Å²) in [6.07, 6.45) is -2.98. The predicted octanol–water partition coefficient (Wildman–Crippen LogP) is -0.868. The molecule has 2 aromatic heterocycles. The molecule has 0 bridgehead atoms. The molecule has 13 heteroatoms. The SMILES string of the molecule is Nc1ncnc2c1ccn2[C@@H]1O[C@H](OOP(O)CO)C(O)[C@]1(O)CF. The molecule has 1 aliphatic rings. The molecule has 25 heavy (non-hydrogen) atoms. The molecule has 0 spiro atoms. The van der Waals surface area contributed by atoms with E-state index >= 15 is 0 Å². The fraction of sp³-hybridized carbons (Fsp3) is 0.500.